The molecule has 1 aromatic rings. The van der Waals surface area contributed by atoms with Crippen LogP contribution in [-0.2, 0) is 0 Å². The Balaban J connectivity index is 1.59. The summed E-state index contributed by atoms with van der Waals surface area (Å²) in [5.74, 6) is 0.863. The molecule has 0 atom stereocenters. The Bertz CT molecular complexity index is 496. The summed E-state index contributed by atoms with van der Waals surface area (Å²) in [6.45, 7) is 2.66. The lowest BCUT2D eigenvalue weighted by Gasteiger charge is -2.39. The zero-order valence-electron chi connectivity index (χ0n) is 12.9. The molecule has 3 rings (SSSR count). The Morgan fingerprint density at radius 2 is 1.81 bits per heavy atom. The van der Waals surface area contributed by atoms with Crippen molar-refractivity contribution in [2.24, 2.45) is 5.41 Å². The first-order valence-electron chi connectivity index (χ1n) is 8.11. The van der Waals surface area contributed by atoms with Gasteiger partial charge in [-0.2, -0.15) is 0 Å². The second kappa shape index (κ2) is 6.18. The molecule has 1 heterocycles. The van der Waals surface area contributed by atoms with Crippen LogP contribution in [0.3, 0.4) is 0 Å². The number of hydrogen-bond acceptors (Lipinski definition) is 3. The molecule has 1 aromatic carbocycles. The molecule has 2 aliphatic rings. The monoisotopic (exact) mass is 287 g/mol. The molecule has 1 aliphatic heterocycles. The van der Waals surface area contributed by atoms with Crippen molar-refractivity contribution in [2.75, 3.05) is 26.7 Å². The van der Waals surface area contributed by atoms with Crippen LogP contribution in [0.15, 0.2) is 24.3 Å². The predicted octanol–water partition coefficient (Wildman–Crippen LogP) is 3.53. The lowest BCUT2D eigenvalue weighted by atomic mass is 9.77. The summed E-state index contributed by atoms with van der Waals surface area (Å²) in [4.78, 5) is 14.8. The highest BCUT2D eigenvalue weighted by molar-refractivity contribution is 6.00. The third-order valence-corrected chi connectivity index (χ3v) is 5.36. The van der Waals surface area contributed by atoms with Gasteiger partial charge in [0.05, 0.1) is 19.2 Å². The second-order valence-corrected chi connectivity index (χ2v) is 6.61. The average Bonchev–Trinajstić information content (AvgIpc) is 2.98. The number of carbonyl (C=O) groups excluding carboxylic acids is 1. The maximum Gasteiger partial charge on any atom is 0.180 e. The van der Waals surface area contributed by atoms with E-state index in [-0.39, 0.29) is 5.78 Å². The van der Waals surface area contributed by atoms with Gasteiger partial charge in [-0.15, -0.1) is 0 Å². The lowest BCUT2D eigenvalue weighted by molar-refractivity contribution is 0.0795. The fraction of sp³-hybridized carbons (Fsp3) is 0.611. The fourth-order valence-corrected chi connectivity index (χ4v) is 3.97. The summed E-state index contributed by atoms with van der Waals surface area (Å²) < 4.78 is 5.29. The molecular formula is C18H25NO2. The van der Waals surface area contributed by atoms with Gasteiger partial charge in [0.2, 0.25) is 0 Å². The van der Waals surface area contributed by atoms with Crippen molar-refractivity contribution in [1.29, 1.82) is 0 Å². The van der Waals surface area contributed by atoms with Crippen molar-refractivity contribution in [1.82, 2.24) is 4.90 Å². The fourth-order valence-electron chi connectivity index (χ4n) is 3.97. The minimum atomic E-state index is 0.176. The van der Waals surface area contributed by atoms with Gasteiger partial charge in [0.25, 0.3) is 0 Å². The molecule has 0 unspecified atom stereocenters. The number of methoxy groups -OCH3 is 1. The Labute approximate surface area is 127 Å². The van der Waals surface area contributed by atoms with Crippen LogP contribution < -0.4 is 4.74 Å². The van der Waals surface area contributed by atoms with E-state index in [2.05, 4.69) is 4.90 Å². The van der Waals surface area contributed by atoms with Crippen LogP contribution >= 0.6 is 0 Å². The molecule has 0 radical (unpaired) electrons. The van der Waals surface area contributed by atoms with Gasteiger partial charge in [0.15, 0.2) is 5.78 Å². The topological polar surface area (TPSA) is 29.5 Å². The van der Waals surface area contributed by atoms with Gasteiger partial charge >= 0.3 is 0 Å². The van der Waals surface area contributed by atoms with Gasteiger partial charge in [0, 0.05) is 0 Å². The second-order valence-electron chi connectivity index (χ2n) is 6.61. The molecule has 0 amide bonds. The zero-order chi connectivity index (χ0) is 14.7. The predicted molar refractivity (Wildman–Crippen MR) is 83.9 cm³/mol. The van der Waals surface area contributed by atoms with Gasteiger partial charge in [0.1, 0.15) is 5.75 Å². The summed E-state index contributed by atoms with van der Waals surface area (Å²) in [6.07, 6.45) is 8.15. The zero-order valence-corrected chi connectivity index (χ0v) is 12.9. The minimum Gasteiger partial charge on any atom is -0.496 e. The molecule has 0 aromatic heterocycles. The number of Topliss-reactive ketones (excluding diaryl/α,β-unsaturated/α-hetero) is 1. The number of nitrogens with zero attached hydrogens (tertiary/aromatic N) is 1. The Morgan fingerprint density at radius 1 is 1.14 bits per heavy atom. The first-order valence-corrected chi connectivity index (χ1v) is 8.11. The van der Waals surface area contributed by atoms with Crippen molar-refractivity contribution in [3.63, 3.8) is 0 Å². The number of ketones is 1. The molecule has 21 heavy (non-hydrogen) atoms. The minimum absolute atomic E-state index is 0.176. The average molecular weight is 287 g/mol. The number of rotatable bonds is 4. The van der Waals surface area contributed by atoms with E-state index < -0.39 is 0 Å². The van der Waals surface area contributed by atoms with Crippen molar-refractivity contribution in [3.05, 3.63) is 29.8 Å². The van der Waals surface area contributed by atoms with E-state index in [1.165, 1.54) is 38.5 Å². The van der Waals surface area contributed by atoms with Crippen LogP contribution in [-0.4, -0.2) is 37.4 Å². The van der Waals surface area contributed by atoms with Crippen molar-refractivity contribution in [3.8, 4) is 5.75 Å². The largest absolute Gasteiger partial charge is 0.496 e. The number of para-hydroxylation sites is 1. The highest BCUT2D eigenvalue weighted by Crippen LogP contribution is 2.46. The van der Waals surface area contributed by atoms with Crippen LogP contribution in [0.1, 0.15) is 48.9 Å². The number of piperidine rings is 1. The SMILES string of the molecule is COc1ccccc1C(=O)CN1CCC2(CCCC2)CC1. The van der Waals surface area contributed by atoms with Gasteiger partial charge in [-0.1, -0.05) is 25.0 Å². The molecule has 1 aliphatic carbocycles. The smallest absolute Gasteiger partial charge is 0.180 e. The summed E-state index contributed by atoms with van der Waals surface area (Å²) in [5.41, 5.74) is 1.32. The summed E-state index contributed by atoms with van der Waals surface area (Å²) >= 11 is 0. The van der Waals surface area contributed by atoms with E-state index >= 15 is 0 Å². The first kappa shape index (κ1) is 14.6. The number of carbonyl (C=O) groups is 1. The van der Waals surface area contributed by atoms with Gasteiger partial charge in [-0.3, -0.25) is 9.69 Å². The maximum absolute atomic E-state index is 12.5. The van der Waals surface area contributed by atoms with Crippen LogP contribution in [0.5, 0.6) is 5.75 Å². The first-order chi connectivity index (χ1) is 10.2. The van der Waals surface area contributed by atoms with E-state index in [1.807, 2.05) is 24.3 Å². The van der Waals surface area contributed by atoms with Gasteiger partial charge in [-0.25, -0.2) is 0 Å². The van der Waals surface area contributed by atoms with E-state index in [4.69, 9.17) is 4.74 Å². The third kappa shape index (κ3) is 3.13. The molecule has 2 fully saturated rings. The molecule has 1 saturated heterocycles. The van der Waals surface area contributed by atoms with Crippen molar-refractivity contribution < 1.29 is 9.53 Å². The van der Waals surface area contributed by atoms with Crippen LogP contribution in [0.4, 0.5) is 0 Å². The molecule has 1 spiro atoms. The molecule has 0 bridgehead atoms. The van der Waals surface area contributed by atoms with Crippen LogP contribution in [0.2, 0.25) is 0 Å². The molecule has 3 heteroatoms. The molecule has 3 nitrogen and oxygen atoms in total. The van der Waals surface area contributed by atoms with Crippen LogP contribution in [0, 0.1) is 5.41 Å². The van der Waals surface area contributed by atoms with Crippen molar-refractivity contribution in [2.45, 2.75) is 38.5 Å². The Hall–Kier alpha value is -1.35. The van der Waals surface area contributed by atoms with Crippen LogP contribution in [0.25, 0.3) is 0 Å². The highest BCUT2D eigenvalue weighted by Gasteiger charge is 2.37. The molecule has 1 saturated carbocycles. The van der Waals surface area contributed by atoms with E-state index in [0.29, 0.717) is 23.3 Å². The third-order valence-electron chi connectivity index (χ3n) is 5.36. The molecule has 0 N–H and O–H groups in total. The van der Waals surface area contributed by atoms with Crippen molar-refractivity contribution >= 4 is 5.78 Å². The quantitative estimate of drug-likeness (QED) is 0.793. The Kier molecular flexibility index (Phi) is 4.29. The van der Waals surface area contributed by atoms with E-state index in [9.17, 15) is 4.79 Å². The maximum atomic E-state index is 12.5. The number of benzene rings is 1. The highest BCUT2D eigenvalue weighted by atomic mass is 16.5. The summed E-state index contributed by atoms with van der Waals surface area (Å²) in [6, 6.07) is 7.53. The van der Waals surface area contributed by atoms with Gasteiger partial charge < -0.3 is 4.74 Å². The summed E-state index contributed by atoms with van der Waals surface area (Å²) in [5, 5.41) is 0. The normalized spacial score (nSPS) is 21.6. The molecule has 114 valence electrons. The number of likely N-dealkylation sites (tertiary alicyclic amines) is 1. The standard InChI is InChI=1S/C18H25NO2/c1-21-17-7-3-2-6-15(17)16(20)14-19-12-10-18(11-13-19)8-4-5-9-18/h2-3,6-7H,4-5,8-14H2,1H3. The van der Waals surface area contributed by atoms with E-state index in [1.54, 1.807) is 7.11 Å². The Morgan fingerprint density at radius 3 is 2.48 bits per heavy atom. The lowest BCUT2D eigenvalue weighted by Crippen LogP contribution is -2.41. The van der Waals surface area contributed by atoms with Gasteiger partial charge in [-0.05, 0) is 56.3 Å². The number of ether oxygens (including phenoxy) is 1. The summed E-state index contributed by atoms with van der Waals surface area (Å²) in [7, 11) is 1.62. The number of hydrogen-bond donors (Lipinski definition) is 0. The molecular weight excluding hydrogens is 262 g/mol. The van der Waals surface area contributed by atoms with E-state index in [0.717, 1.165) is 13.1 Å².